The van der Waals surface area contributed by atoms with Crippen LogP contribution < -0.4 is 20.7 Å². The normalized spacial score (nSPS) is 26.0. The van der Waals surface area contributed by atoms with E-state index in [1.54, 1.807) is 21.1 Å². The molecule has 3 N–H and O–H groups in total. The number of ether oxygens (including phenoxy) is 4. The average molecular weight is 606 g/mol. The smallest absolute Gasteiger partial charge is 0.407 e. The van der Waals surface area contributed by atoms with Crippen molar-refractivity contribution in [2.75, 3.05) is 21.2 Å². The van der Waals surface area contributed by atoms with Crippen molar-refractivity contribution in [1.29, 1.82) is 0 Å². The van der Waals surface area contributed by atoms with Crippen LogP contribution in [0.5, 0.6) is 5.75 Å². The van der Waals surface area contributed by atoms with Crippen LogP contribution in [0, 0.1) is 5.92 Å². The first-order chi connectivity index (χ1) is 19.9. The first-order valence-electron chi connectivity index (χ1n) is 14.3. The molecule has 2 amide bonds. The van der Waals surface area contributed by atoms with Crippen molar-refractivity contribution in [2.24, 2.45) is 5.92 Å². The molecule has 2 aliphatic rings. The van der Waals surface area contributed by atoms with Crippen LogP contribution in [0.3, 0.4) is 0 Å². The fourth-order valence-corrected chi connectivity index (χ4v) is 5.38. The standard InChI is InChI=1S/C31H44ClN3O7/c1-18(14-21-12-13-23(32)25(15-21)39-7)10-8-9-11-22-16-24(40-30(38)35-22)19(2)28-31(4,42-28)26(17-27(36)34-6)41-29(37)20(3)33-5/h8-10,12-13,15,19-20,22,24,26,28,33H,11,14,16-17H2,1-7H3,(H,34,36)(H,35,38)/b9-8+,18-10+/t19-,20?,22?,24?,26+,28?,31+/m1/s1. The summed E-state index contributed by atoms with van der Waals surface area (Å²) in [7, 11) is 4.79. The molecule has 7 atom stereocenters. The molecule has 11 heteroatoms. The second-order valence-electron chi connectivity index (χ2n) is 11.2. The summed E-state index contributed by atoms with van der Waals surface area (Å²) in [6, 6.07) is 5.11. The van der Waals surface area contributed by atoms with Crippen molar-refractivity contribution >= 4 is 29.6 Å². The van der Waals surface area contributed by atoms with Gasteiger partial charge in [-0.3, -0.25) is 9.59 Å². The number of esters is 1. The van der Waals surface area contributed by atoms with Crippen molar-refractivity contribution < 1.29 is 33.3 Å². The van der Waals surface area contributed by atoms with Crippen molar-refractivity contribution in [1.82, 2.24) is 16.0 Å². The summed E-state index contributed by atoms with van der Waals surface area (Å²) in [6.07, 6.45) is 6.03. The maximum atomic E-state index is 12.5. The fourth-order valence-electron chi connectivity index (χ4n) is 5.19. The number of allylic oxidation sites excluding steroid dienone is 3. The van der Waals surface area contributed by atoms with Gasteiger partial charge in [0.25, 0.3) is 0 Å². The molecular formula is C31H44ClN3O7. The number of hydrogen-bond acceptors (Lipinski definition) is 8. The minimum atomic E-state index is -0.877. The summed E-state index contributed by atoms with van der Waals surface area (Å²) in [5.74, 6) is -0.254. The number of nitrogens with one attached hydrogen (secondary N) is 3. The van der Waals surface area contributed by atoms with Crippen LogP contribution in [-0.2, 0) is 30.2 Å². The lowest BCUT2D eigenvalue weighted by Gasteiger charge is -2.33. The predicted octanol–water partition coefficient (Wildman–Crippen LogP) is 4.10. The molecule has 0 aliphatic carbocycles. The number of epoxide rings is 1. The minimum Gasteiger partial charge on any atom is -0.495 e. The Labute approximate surface area is 253 Å². The number of carbonyl (C=O) groups excluding carboxylic acids is 3. The third kappa shape index (κ3) is 8.72. The number of likely N-dealkylation sites (N-methyl/N-ethyl adjacent to an activating group) is 1. The number of benzene rings is 1. The van der Waals surface area contributed by atoms with E-state index < -0.39 is 35.9 Å². The van der Waals surface area contributed by atoms with Crippen LogP contribution in [0.25, 0.3) is 0 Å². The lowest BCUT2D eigenvalue weighted by Crippen LogP contribution is -2.49. The molecule has 2 saturated heterocycles. The van der Waals surface area contributed by atoms with Gasteiger partial charge in [-0.05, 0) is 58.4 Å². The van der Waals surface area contributed by atoms with Gasteiger partial charge in [-0.15, -0.1) is 0 Å². The Morgan fingerprint density at radius 3 is 2.69 bits per heavy atom. The van der Waals surface area contributed by atoms with Crippen LogP contribution in [0.4, 0.5) is 4.79 Å². The van der Waals surface area contributed by atoms with Gasteiger partial charge in [-0.1, -0.05) is 48.4 Å². The SMILES string of the molecule is CNC(=O)C[C@H](OC(=O)C(C)NC)[C@]1(C)OC1[C@H](C)C1CC(C/C=C/C=C(\C)Cc2ccc(Cl)c(OC)c2)NC(=O)O1. The Kier molecular flexibility index (Phi) is 11.8. The zero-order valence-electron chi connectivity index (χ0n) is 25.5. The summed E-state index contributed by atoms with van der Waals surface area (Å²) in [5.41, 5.74) is 1.39. The molecule has 2 fully saturated rings. The van der Waals surface area contributed by atoms with Crippen LogP contribution >= 0.6 is 11.6 Å². The molecule has 4 unspecified atom stereocenters. The van der Waals surface area contributed by atoms with Gasteiger partial charge in [0.15, 0.2) is 0 Å². The molecule has 1 aromatic rings. The molecule has 0 spiro atoms. The Bertz CT molecular complexity index is 1190. The lowest BCUT2D eigenvalue weighted by molar-refractivity contribution is -0.155. The van der Waals surface area contributed by atoms with Crippen LogP contribution in [0.2, 0.25) is 5.02 Å². The summed E-state index contributed by atoms with van der Waals surface area (Å²) >= 11 is 6.12. The third-order valence-electron chi connectivity index (χ3n) is 8.02. The molecule has 232 valence electrons. The number of rotatable bonds is 14. The number of amides is 2. The lowest BCUT2D eigenvalue weighted by atomic mass is 9.85. The van der Waals surface area contributed by atoms with E-state index in [2.05, 4.69) is 29.0 Å². The van der Waals surface area contributed by atoms with E-state index >= 15 is 0 Å². The minimum absolute atomic E-state index is 0.0314. The number of methoxy groups -OCH3 is 1. The molecule has 10 nitrogen and oxygen atoms in total. The summed E-state index contributed by atoms with van der Waals surface area (Å²) in [4.78, 5) is 37.2. The highest BCUT2D eigenvalue weighted by molar-refractivity contribution is 6.32. The Hall–Kier alpha value is -3.08. The van der Waals surface area contributed by atoms with Gasteiger partial charge in [0, 0.05) is 25.4 Å². The number of hydrogen-bond donors (Lipinski definition) is 3. The fraction of sp³-hybridized carbons (Fsp3) is 0.581. The number of halogens is 1. The molecule has 0 aromatic heterocycles. The van der Waals surface area contributed by atoms with E-state index in [4.69, 9.17) is 30.5 Å². The summed E-state index contributed by atoms with van der Waals surface area (Å²) in [6.45, 7) is 7.53. The van der Waals surface area contributed by atoms with E-state index in [-0.39, 0.29) is 30.4 Å². The molecule has 1 aromatic carbocycles. The van der Waals surface area contributed by atoms with Gasteiger partial charge in [0.05, 0.1) is 24.7 Å². The second-order valence-corrected chi connectivity index (χ2v) is 11.6. The maximum Gasteiger partial charge on any atom is 0.407 e. The highest BCUT2D eigenvalue weighted by Crippen LogP contribution is 2.48. The molecule has 2 heterocycles. The van der Waals surface area contributed by atoms with Crippen LogP contribution in [0.15, 0.2) is 42.0 Å². The highest BCUT2D eigenvalue weighted by atomic mass is 35.5. The Morgan fingerprint density at radius 1 is 1.29 bits per heavy atom. The molecular weight excluding hydrogens is 562 g/mol. The Morgan fingerprint density at radius 2 is 2.02 bits per heavy atom. The van der Waals surface area contributed by atoms with E-state index in [0.717, 1.165) is 12.0 Å². The average Bonchev–Trinajstić information content (AvgIpc) is 3.66. The van der Waals surface area contributed by atoms with Crippen molar-refractivity contribution in [3.05, 3.63) is 52.6 Å². The number of alkyl carbamates (subject to hydrolysis) is 1. The first-order valence-corrected chi connectivity index (χ1v) is 14.7. The molecule has 0 radical (unpaired) electrons. The molecule has 42 heavy (non-hydrogen) atoms. The van der Waals surface area contributed by atoms with E-state index in [0.29, 0.717) is 23.6 Å². The molecule has 0 bridgehead atoms. The van der Waals surface area contributed by atoms with Gasteiger partial charge in [0.1, 0.15) is 29.6 Å². The molecule has 0 saturated carbocycles. The van der Waals surface area contributed by atoms with Crippen LogP contribution in [-0.4, -0.2) is 75.2 Å². The van der Waals surface area contributed by atoms with Gasteiger partial charge >= 0.3 is 12.1 Å². The highest BCUT2D eigenvalue weighted by Gasteiger charge is 2.63. The maximum absolute atomic E-state index is 12.5. The van der Waals surface area contributed by atoms with Gasteiger partial charge in [0.2, 0.25) is 5.91 Å². The number of carbonyl (C=O) groups is 3. The first kappa shape index (κ1) is 33.4. The monoisotopic (exact) mass is 605 g/mol. The third-order valence-corrected chi connectivity index (χ3v) is 8.33. The zero-order chi connectivity index (χ0) is 31.0. The van der Waals surface area contributed by atoms with Gasteiger partial charge in [-0.25, -0.2) is 4.79 Å². The molecule has 2 aliphatic heterocycles. The Balaban J connectivity index is 1.58. The molecule has 3 rings (SSSR count). The number of cyclic esters (lactones) is 1. The van der Waals surface area contributed by atoms with E-state index in [1.807, 2.05) is 44.2 Å². The van der Waals surface area contributed by atoms with Gasteiger partial charge in [-0.2, -0.15) is 0 Å². The van der Waals surface area contributed by atoms with E-state index in [1.165, 1.54) is 12.6 Å². The zero-order valence-corrected chi connectivity index (χ0v) is 26.2. The quantitative estimate of drug-likeness (QED) is 0.164. The van der Waals surface area contributed by atoms with Crippen molar-refractivity contribution in [3.63, 3.8) is 0 Å². The predicted molar refractivity (Wildman–Crippen MR) is 161 cm³/mol. The summed E-state index contributed by atoms with van der Waals surface area (Å²) < 4.78 is 22.7. The van der Waals surface area contributed by atoms with E-state index in [9.17, 15) is 14.4 Å². The second kappa shape index (κ2) is 14.9. The van der Waals surface area contributed by atoms with Crippen LogP contribution in [0.1, 0.15) is 52.5 Å². The summed E-state index contributed by atoms with van der Waals surface area (Å²) in [5, 5.41) is 8.91. The topological polar surface area (TPSA) is 128 Å². The van der Waals surface area contributed by atoms with Crippen molar-refractivity contribution in [2.45, 2.75) is 89.4 Å². The van der Waals surface area contributed by atoms with Crippen molar-refractivity contribution in [3.8, 4) is 5.75 Å². The largest absolute Gasteiger partial charge is 0.495 e. The van der Waals surface area contributed by atoms with Gasteiger partial charge < -0.3 is 34.9 Å².